The van der Waals surface area contributed by atoms with E-state index in [0.29, 0.717) is 23.1 Å². The Morgan fingerprint density at radius 2 is 1.79 bits per heavy atom. The van der Waals surface area contributed by atoms with E-state index in [1.54, 1.807) is 29.2 Å². The number of amides is 2. The van der Waals surface area contributed by atoms with Crippen molar-refractivity contribution in [2.24, 2.45) is 0 Å². The summed E-state index contributed by atoms with van der Waals surface area (Å²) in [6.07, 6.45) is 6.16. The summed E-state index contributed by atoms with van der Waals surface area (Å²) in [6, 6.07) is 7.43. The van der Waals surface area contributed by atoms with Crippen LogP contribution in [0, 0.1) is 0 Å². The Balaban J connectivity index is 1.49. The molecule has 0 bridgehead atoms. The lowest BCUT2D eigenvalue weighted by molar-refractivity contribution is -0.117. The first kappa shape index (κ1) is 16.7. The van der Waals surface area contributed by atoms with Gasteiger partial charge in [0.25, 0.3) is 5.91 Å². The van der Waals surface area contributed by atoms with Crippen LogP contribution in [0.4, 0.5) is 5.69 Å². The summed E-state index contributed by atoms with van der Waals surface area (Å²) in [6.45, 7) is 0.743. The number of anilines is 1. The summed E-state index contributed by atoms with van der Waals surface area (Å²) in [7, 11) is 0. The van der Waals surface area contributed by atoms with Crippen molar-refractivity contribution in [1.29, 1.82) is 0 Å². The number of rotatable bonds is 3. The first-order valence-corrected chi connectivity index (χ1v) is 8.81. The average molecular weight is 346 g/mol. The number of nitrogens with zero attached hydrogens (tertiary/aromatic N) is 1. The molecule has 0 spiro atoms. The van der Waals surface area contributed by atoms with Crippen molar-refractivity contribution in [2.75, 3.05) is 11.4 Å². The van der Waals surface area contributed by atoms with Crippen molar-refractivity contribution in [3.8, 4) is 0 Å². The predicted molar refractivity (Wildman–Crippen MR) is 96.6 cm³/mol. The van der Waals surface area contributed by atoms with Crippen LogP contribution in [0.15, 0.2) is 24.3 Å². The van der Waals surface area contributed by atoms with Crippen LogP contribution < -0.4 is 21.1 Å². The van der Waals surface area contributed by atoms with E-state index in [0.717, 1.165) is 31.5 Å². The monoisotopic (exact) mass is 346 g/mol. The number of thiocarbonyl (C=S) groups is 1. The molecule has 1 aliphatic carbocycles. The molecular formula is C17H22N4O2S. The van der Waals surface area contributed by atoms with Crippen molar-refractivity contribution < 1.29 is 9.59 Å². The molecule has 1 heterocycles. The minimum Gasteiger partial charge on any atom is -0.359 e. The molecule has 2 aliphatic rings. The third-order valence-corrected chi connectivity index (χ3v) is 4.71. The fourth-order valence-corrected chi connectivity index (χ4v) is 3.41. The summed E-state index contributed by atoms with van der Waals surface area (Å²) in [4.78, 5) is 25.6. The first-order valence-electron chi connectivity index (χ1n) is 8.41. The van der Waals surface area contributed by atoms with Gasteiger partial charge in [0.2, 0.25) is 5.91 Å². The summed E-state index contributed by atoms with van der Waals surface area (Å²) < 4.78 is 0. The molecule has 3 rings (SSSR count). The topological polar surface area (TPSA) is 73.5 Å². The Morgan fingerprint density at radius 3 is 2.42 bits per heavy atom. The third kappa shape index (κ3) is 4.03. The third-order valence-electron chi connectivity index (χ3n) is 4.49. The predicted octanol–water partition coefficient (Wildman–Crippen LogP) is 1.86. The van der Waals surface area contributed by atoms with Crippen LogP contribution >= 0.6 is 12.2 Å². The van der Waals surface area contributed by atoms with Crippen molar-refractivity contribution in [1.82, 2.24) is 16.2 Å². The van der Waals surface area contributed by atoms with Gasteiger partial charge in [-0.2, -0.15) is 0 Å². The van der Waals surface area contributed by atoms with Gasteiger partial charge in [0.1, 0.15) is 0 Å². The smallest absolute Gasteiger partial charge is 0.269 e. The Bertz CT molecular complexity index is 626. The van der Waals surface area contributed by atoms with E-state index in [4.69, 9.17) is 12.2 Å². The van der Waals surface area contributed by atoms with Gasteiger partial charge in [-0.25, -0.2) is 0 Å². The Morgan fingerprint density at radius 1 is 1.08 bits per heavy atom. The molecule has 2 fully saturated rings. The highest BCUT2D eigenvalue weighted by atomic mass is 32.1. The Labute approximate surface area is 146 Å². The molecule has 0 aromatic heterocycles. The fraction of sp³-hybridized carbons (Fsp3) is 0.471. The van der Waals surface area contributed by atoms with E-state index < -0.39 is 0 Å². The number of hydrazine groups is 1. The standard InChI is InChI=1S/C17H22N4O2S/c22-15-6-3-11-21(15)14-9-7-12(8-10-14)16(23)19-20-17(24)18-13-4-1-2-5-13/h7-10,13H,1-6,11H2,(H,19,23)(H2,18,20,24). The van der Waals surface area contributed by atoms with E-state index in [9.17, 15) is 9.59 Å². The van der Waals surface area contributed by atoms with E-state index in [-0.39, 0.29) is 11.8 Å². The van der Waals surface area contributed by atoms with E-state index >= 15 is 0 Å². The highest BCUT2D eigenvalue weighted by Gasteiger charge is 2.21. The molecule has 0 atom stereocenters. The van der Waals surface area contributed by atoms with Crippen LogP contribution in [-0.2, 0) is 4.79 Å². The molecule has 3 N–H and O–H groups in total. The molecule has 6 nitrogen and oxygen atoms in total. The molecule has 128 valence electrons. The SMILES string of the molecule is O=C(NNC(=S)NC1CCCC1)c1ccc(N2CCCC2=O)cc1. The van der Waals surface area contributed by atoms with Gasteiger partial charge in [-0.3, -0.25) is 20.4 Å². The maximum Gasteiger partial charge on any atom is 0.269 e. The highest BCUT2D eigenvalue weighted by molar-refractivity contribution is 7.80. The van der Waals surface area contributed by atoms with Gasteiger partial charge in [-0.1, -0.05) is 12.8 Å². The van der Waals surface area contributed by atoms with Crippen molar-refractivity contribution >= 4 is 34.8 Å². The van der Waals surface area contributed by atoms with Gasteiger partial charge in [-0.15, -0.1) is 0 Å². The number of nitrogens with one attached hydrogen (secondary N) is 3. The van der Waals surface area contributed by atoms with Gasteiger partial charge in [0, 0.05) is 30.3 Å². The number of hydrogen-bond acceptors (Lipinski definition) is 3. The minimum atomic E-state index is -0.259. The zero-order chi connectivity index (χ0) is 16.9. The van der Waals surface area contributed by atoms with E-state index in [1.807, 2.05) is 0 Å². The van der Waals surface area contributed by atoms with Crippen LogP contribution in [0.3, 0.4) is 0 Å². The largest absolute Gasteiger partial charge is 0.359 e. The second kappa shape index (κ2) is 7.61. The van der Waals surface area contributed by atoms with Gasteiger partial charge in [-0.05, 0) is 55.7 Å². The second-order valence-electron chi connectivity index (χ2n) is 6.23. The van der Waals surface area contributed by atoms with Crippen LogP contribution in [0.1, 0.15) is 48.9 Å². The van der Waals surface area contributed by atoms with Crippen molar-refractivity contribution in [3.63, 3.8) is 0 Å². The highest BCUT2D eigenvalue weighted by Crippen LogP contribution is 2.21. The van der Waals surface area contributed by atoms with Crippen LogP contribution in [0.5, 0.6) is 0 Å². The lowest BCUT2D eigenvalue weighted by Gasteiger charge is -2.17. The summed E-state index contributed by atoms with van der Waals surface area (Å²) in [5, 5.41) is 3.64. The number of hydrogen-bond donors (Lipinski definition) is 3. The maximum atomic E-state index is 12.1. The summed E-state index contributed by atoms with van der Waals surface area (Å²) in [5.74, 6) is -0.123. The lowest BCUT2D eigenvalue weighted by Crippen LogP contribution is -2.49. The number of carbonyl (C=O) groups excluding carboxylic acids is 2. The minimum absolute atomic E-state index is 0.136. The van der Waals surface area contributed by atoms with Gasteiger partial charge in [0.05, 0.1) is 0 Å². The molecule has 24 heavy (non-hydrogen) atoms. The molecule has 1 saturated carbocycles. The lowest BCUT2D eigenvalue weighted by atomic mass is 10.2. The molecule has 1 aliphatic heterocycles. The van der Waals surface area contributed by atoms with Crippen molar-refractivity contribution in [3.05, 3.63) is 29.8 Å². The van der Waals surface area contributed by atoms with Gasteiger partial charge in [0.15, 0.2) is 5.11 Å². The fourth-order valence-electron chi connectivity index (χ4n) is 3.19. The molecule has 1 saturated heterocycles. The number of benzene rings is 1. The molecular weight excluding hydrogens is 324 g/mol. The zero-order valence-corrected chi connectivity index (χ0v) is 14.3. The molecule has 1 aromatic rings. The quantitative estimate of drug-likeness (QED) is 0.576. The summed E-state index contributed by atoms with van der Waals surface area (Å²) >= 11 is 5.18. The molecule has 2 amide bonds. The summed E-state index contributed by atoms with van der Waals surface area (Å²) in [5.41, 5.74) is 6.69. The second-order valence-corrected chi connectivity index (χ2v) is 6.64. The van der Waals surface area contributed by atoms with Crippen molar-refractivity contribution in [2.45, 2.75) is 44.6 Å². The maximum absolute atomic E-state index is 12.1. The number of carbonyl (C=O) groups is 2. The Hall–Kier alpha value is -2.15. The molecule has 7 heteroatoms. The molecule has 0 unspecified atom stereocenters. The van der Waals surface area contributed by atoms with Gasteiger partial charge >= 0.3 is 0 Å². The van der Waals surface area contributed by atoms with Gasteiger partial charge < -0.3 is 10.2 Å². The Kier molecular flexibility index (Phi) is 5.30. The normalized spacial score (nSPS) is 17.8. The van der Waals surface area contributed by atoms with E-state index in [2.05, 4.69) is 16.2 Å². The zero-order valence-electron chi connectivity index (χ0n) is 13.5. The average Bonchev–Trinajstić information content (AvgIpc) is 3.24. The van der Waals surface area contributed by atoms with Crippen LogP contribution in [-0.4, -0.2) is 29.5 Å². The van der Waals surface area contributed by atoms with Crippen LogP contribution in [0.25, 0.3) is 0 Å². The molecule has 0 radical (unpaired) electrons. The van der Waals surface area contributed by atoms with Crippen LogP contribution in [0.2, 0.25) is 0 Å². The molecule has 1 aromatic carbocycles. The first-order chi connectivity index (χ1) is 11.6. The van der Waals surface area contributed by atoms with E-state index in [1.165, 1.54) is 12.8 Å².